The van der Waals surface area contributed by atoms with Crippen LogP contribution in [0.1, 0.15) is 104 Å². The Balaban J connectivity index is 0.0000141. The summed E-state index contributed by atoms with van der Waals surface area (Å²) in [6.07, 6.45) is -11.4. The fourth-order valence-electron chi connectivity index (χ4n) is 8.83. The van der Waals surface area contributed by atoms with Crippen LogP contribution in [-0.4, -0.2) is 274 Å². The molecule has 0 aromatic heterocycles. The van der Waals surface area contributed by atoms with Gasteiger partial charge in [0.25, 0.3) is 0 Å². The van der Waals surface area contributed by atoms with Gasteiger partial charge in [0.1, 0.15) is 42.2 Å². The van der Waals surface area contributed by atoms with Crippen LogP contribution in [0.4, 0.5) is 0 Å². The first kappa shape index (κ1) is 73.8. The van der Waals surface area contributed by atoms with Crippen LogP contribution in [0.5, 0.6) is 0 Å². The normalized spacial score (nSPS) is 28.8. The predicted molar refractivity (Wildman–Crippen MR) is 298 cm³/mol. The van der Waals surface area contributed by atoms with Crippen molar-refractivity contribution in [2.24, 2.45) is 17.8 Å². The van der Waals surface area contributed by atoms with Crippen LogP contribution in [0.3, 0.4) is 0 Å². The molecule has 490 valence electrons. The van der Waals surface area contributed by atoms with Crippen LogP contribution in [0.15, 0.2) is 0 Å². The number of methoxy groups -OCH3 is 1. The zero-order valence-corrected chi connectivity index (χ0v) is 48.4. The Labute approximate surface area is 492 Å². The molecule has 3 aliphatic heterocycles. The molecule has 0 bridgehead atoms. The van der Waals surface area contributed by atoms with Crippen molar-refractivity contribution in [2.45, 2.75) is 179 Å². The topological polar surface area (TPSA) is 420 Å². The smallest absolute Gasteiger partial charge is 0.222 e. The van der Waals surface area contributed by atoms with Crippen molar-refractivity contribution in [3.8, 4) is 0 Å². The van der Waals surface area contributed by atoms with E-state index in [0.717, 1.165) is 0 Å². The van der Waals surface area contributed by atoms with E-state index < -0.39 is 123 Å². The highest BCUT2D eigenvalue weighted by Gasteiger charge is 2.45. The maximum Gasteiger partial charge on any atom is 0.222 e. The summed E-state index contributed by atoms with van der Waals surface area (Å²) < 4.78 is 72.6. The maximum atomic E-state index is 13.6. The van der Waals surface area contributed by atoms with Gasteiger partial charge in [-0.15, -0.1) is 0 Å². The zero-order chi connectivity index (χ0) is 63.7. The van der Waals surface area contributed by atoms with Crippen molar-refractivity contribution in [3.05, 3.63) is 0 Å². The third kappa shape index (κ3) is 28.3. The second-order valence-electron chi connectivity index (χ2n) is 20.7. The van der Waals surface area contributed by atoms with Crippen molar-refractivity contribution >= 4 is 29.5 Å². The Morgan fingerprint density at radius 2 is 0.747 bits per heavy atom. The molecule has 0 aromatic carbocycles. The predicted octanol–water partition coefficient (Wildman–Crippen LogP) is -3.30. The SMILES string of the molecule is C.COCCCNC(=O)CCCC(=O)NC(COCCC(=O)NCCCO[C@@H]1OC(CO)[C@H](O)[C@H](O)C1C)(COCCC(=O)NCCCO[C@@H]1OC(CO)[C@H](O)[C@H](O)C1C)COCCC(=O)NCCCO[C@@H]1OC(CO)[C@H](O)[C@H](O)C1C.[3H]C.[3H][3H]. The zero-order valence-electron chi connectivity index (χ0n) is 51.4. The molecule has 14 N–H and O–H groups in total. The van der Waals surface area contributed by atoms with Crippen molar-refractivity contribution < 1.29 is 122 Å². The van der Waals surface area contributed by atoms with Crippen LogP contribution in [0.2, 0.25) is 0 Å². The van der Waals surface area contributed by atoms with Crippen LogP contribution >= 0.6 is 0 Å². The number of carbonyl (C=O) groups is 5. The van der Waals surface area contributed by atoms with Gasteiger partial charge in [-0.05, 0) is 32.1 Å². The molecule has 3 rings (SSSR count). The summed E-state index contributed by atoms with van der Waals surface area (Å²) >= 11 is 0. The van der Waals surface area contributed by atoms with Crippen molar-refractivity contribution in [2.75, 3.05) is 119 Å². The second kappa shape index (κ2) is 43.3. The van der Waals surface area contributed by atoms with Gasteiger partial charge in [0.05, 0.1) is 97.6 Å². The van der Waals surface area contributed by atoms with Crippen molar-refractivity contribution in [1.82, 2.24) is 26.6 Å². The van der Waals surface area contributed by atoms with E-state index in [9.17, 15) is 69.9 Å². The monoisotopic (exact) mass is 1210 g/mol. The lowest BCUT2D eigenvalue weighted by atomic mass is 9.92. The van der Waals surface area contributed by atoms with Gasteiger partial charge in [-0.1, -0.05) is 35.6 Å². The quantitative estimate of drug-likeness (QED) is 0.0266. The Bertz CT molecular complexity index is 1640. The molecule has 6 unspecified atom stereocenters. The number of aliphatic hydroxyl groups excluding tert-OH is 9. The number of hydrogen-bond acceptors (Lipinski definition) is 24. The minimum atomic E-state index is -1.44. The molecule has 3 aliphatic rings. The Morgan fingerprint density at radius 1 is 0.458 bits per heavy atom. The van der Waals surface area contributed by atoms with E-state index in [1.807, 2.05) is 0 Å². The van der Waals surface area contributed by atoms with E-state index in [1.165, 1.54) is 7.40 Å². The highest BCUT2D eigenvalue weighted by Crippen LogP contribution is 2.29. The minimum absolute atomic E-state index is 0. The Kier molecular flexibility index (Phi) is 38.5. The molecule has 0 aromatic rings. The van der Waals surface area contributed by atoms with Crippen LogP contribution in [-0.2, 0) is 71.3 Å². The highest BCUT2D eigenvalue weighted by molar-refractivity contribution is 5.79. The summed E-state index contributed by atoms with van der Waals surface area (Å²) in [6.45, 7) is 4.13. The summed E-state index contributed by atoms with van der Waals surface area (Å²) in [5, 5.41) is 104. The van der Waals surface area contributed by atoms with Crippen LogP contribution < -0.4 is 26.6 Å². The molecule has 5 amide bonds. The molecule has 3 heterocycles. The van der Waals surface area contributed by atoms with Crippen LogP contribution in [0.25, 0.3) is 0 Å². The number of ether oxygens (including phenoxy) is 10. The maximum absolute atomic E-state index is 13.6. The summed E-state index contributed by atoms with van der Waals surface area (Å²) in [7, 11) is 2.81. The number of nitrogens with one attached hydrogen (secondary N) is 5. The highest BCUT2D eigenvalue weighted by atomic mass is 16.7. The molecular formula is C54H105N5O24. The van der Waals surface area contributed by atoms with Crippen LogP contribution in [0, 0.1) is 17.8 Å². The molecule has 83 heavy (non-hydrogen) atoms. The standard InChI is InChI=1S/C52H95N5O24.2CH4.H2/c1-32-43(66)46(69)35(26-58)79-49(32)76-20-7-16-54-39(62)12-23-73-29-52(57-42(65)11-5-10-38(61)53-15-6-19-72-4,30-74-24-13-40(63)55-17-8-21-77-50-33(2)44(67)47(70)36(27-59)80-50)31-75-25-14-41(64)56-18-9-22-78-51-34(3)45(68)48(71)37(28-60)81-51;;;/h32-37,43-51,58-60,66-71H,5-31H2,1-4H3,(H,53,61)(H,54,62)(H,55,63)(H,56,64)(H,57,65);2*1H4;1H/t32?,33?,34?,35?,36?,37?,43-,44-,45-,46+,47+,48+,49-,50-,51-,52?;;;/m1.../s1/i;1T;;1+2T. The Hall–Kier alpha value is -3.41. The molecule has 3 saturated heterocycles. The first-order valence-corrected chi connectivity index (χ1v) is 28.1. The average molecular weight is 1210 g/mol. The lowest BCUT2D eigenvalue weighted by Gasteiger charge is -2.40. The number of hydrogen-bond donors (Lipinski definition) is 14. The molecule has 15 atom stereocenters. The second-order valence-corrected chi connectivity index (χ2v) is 20.7. The molecular weight excluding hydrogens is 1100 g/mol. The van der Waals surface area contributed by atoms with E-state index in [0.29, 0.717) is 38.8 Å². The van der Waals surface area contributed by atoms with Gasteiger partial charge in [-0.3, -0.25) is 24.0 Å². The Morgan fingerprint density at radius 3 is 1.05 bits per heavy atom. The van der Waals surface area contributed by atoms with Crippen molar-refractivity contribution in [3.63, 3.8) is 0 Å². The van der Waals surface area contributed by atoms with E-state index >= 15 is 0 Å². The van der Waals surface area contributed by atoms with Gasteiger partial charge in [0.2, 0.25) is 29.5 Å². The van der Waals surface area contributed by atoms with E-state index in [1.54, 1.807) is 27.9 Å². The summed E-state index contributed by atoms with van der Waals surface area (Å²) in [5.41, 5.74) is -1.44. The van der Waals surface area contributed by atoms with Gasteiger partial charge >= 0.3 is 0 Å². The molecule has 0 radical (unpaired) electrons. The fraction of sp³-hybridized carbons (Fsp3) is 0.907. The lowest BCUT2D eigenvalue weighted by molar-refractivity contribution is -0.282. The van der Waals surface area contributed by atoms with E-state index in [-0.39, 0.29) is 149 Å². The van der Waals surface area contributed by atoms with Gasteiger partial charge in [0.15, 0.2) is 18.9 Å². The number of carbonyl (C=O) groups excluding carboxylic acids is 5. The number of aliphatic hydroxyl groups is 9. The summed E-state index contributed by atoms with van der Waals surface area (Å²) in [6, 6.07) is 0. The molecule has 0 spiro atoms. The van der Waals surface area contributed by atoms with E-state index in [4.69, 9.17) is 51.7 Å². The molecule has 0 aliphatic carbocycles. The third-order valence-corrected chi connectivity index (χ3v) is 14.0. The number of amides is 5. The van der Waals surface area contributed by atoms with Gasteiger partial charge in [0, 0.05) is 94.1 Å². The van der Waals surface area contributed by atoms with Gasteiger partial charge in [-0.2, -0.15) is 0 Å². The molecule has 29 heteroatoms. The third-order valence-electron chi connectivity index (χ3n) is 14.0. The molecule has 29 nitrogen and oxygen atoms in total. The summed E-state index contributed by atoms with van der Waals surface area (Å²) in [4.78, 5) is 64.7. The molecule has 3 fully saturated rings. The summed E-state index contributed by atoms with van der Waals surface area (Å²) in [5.74, 6) is -3.58. The lowest BCUT2D eigenvalue weighted by Crippen LogP contribution is -2.58. The number of rotatable bonds is 42. The first-order valence-electron chi connectivity index (χ1n) is 30.1. The first-order chi connectivity index (χ1) is 40.8. The average Bonchev–Trinajstić information content (AvgIpc) is 2.88. The fourth-order valence-corrected chi connectivity index (χ4v) is 8.83. The largest absolute Gasteiger partial charge is 0.394 e. The van der Waals surface area contributed by atoms with E-state index in [2.05, 4.69) is 26.6 Å². The van der Waals surface area contributed by atoms with Gasteiger partial charge in [-0.25, -0.2) is 0 Å². The molecule has 0 saturated carbocycles. The van der Waals surface area contributed by atoms with Gasteiger partial charge < -0.3 is 120 Å². The van der Waals surface area contributed by atoms with Crippen molar-refractivity contribution in [1.29, 1.82) is 0 Å². The minimum Gasteiger partial charge on any atom is -0.394 e.